The van der Waals surface area contributed by atoms with Crippen molar-refractivity contribution in [3.8, 4) is 0 Å². The predicted molar refractivity (Wildman–Crippen MR) is 69.6 cm³/mol. The van der Waals surface area contributed by atoms with E-state index in [1.807, 2.05) is 14.0 Å². The van der Waals surface area contributed by atoms with Gasteiger partial charge in [0.1, 0.15) is 0 Å². The second kappa shape index (κ2) is 5.97. The lowest BCUT2D eigenvalue weighted by atomic mass is 10.2. The van der Waals surface area contributed by atoms with Gasteiger partial charge in [0.15, 0.2) is 0 Å². The Morgan fingerprint density at radius 2 is 2.22 bits per heavy atom. The number of nitrogens with one attached hydrogen (secondary N) is 2. The van der Waals surface area contributed by atoms with Crippen LogP contribution in [0, 0.1) is 6.92 Å². The van der Waals surface area contributed by atoms with Crippen LogP contribution in [0.1, 0.15) is 16.1 Å². The maximum atomic E-state index is 11.9. The van der Waals surface area contributed by atoms with Crippen LogP contribution in [0.5, 0.6) is 0 Å². The summed E-state index contributed by atoms with van der Waals surface area (Å²) in [6, 6.07) is 0. The maximum Gasteiger partial charge on any atom is 0.254 e. The third-order valence-electron chi connectivity index (χ3n) is 3.40. The standard InChI is InChI=1S/C12H21N5O/c1-10-11(9-15-16(10)2)12(18)14-5-8-17-6-3-13-4-7-17/h9,13H,3-8H2,1-2H3,(H,14,18). The molecule has 0 saturated carbocycles. The molecular formula is C12H21N5O. The van der Waals surface area contributed by atoms with E-state index in [4.69, 9.17) is 0 Å². The molecule has 2 rings (SSSR count). The van der Waals surface area contributed by atoms with Crippen LogP contribution in [0.25, 0.3) is 0 Å². The fraction of sp³-hybridized carbons (Fsp3) is 0.667. The first kappa shape index (κ1) is 13.0. The lowest BCUT2D eigenvalue weighted by Crippen LogP contribution is -2.46. The summed E-state index contributed by atoms with van der Waals surface area (Å²) in [6.45, 7) is 7.69. The van der Waals surface area contributed by atoms with Crippen molar-refractivity contribution in [2.75, 3.05) is 39.3 Å². The van der Waals surface area contributed by atoms with E-state index in [2.05, 4.69) is 20.6 Å². The largest absolute Gasteiger partial charge is 0.351 e. The van der Waals surface area contributed by atoms with Crippen LogP contribution in [0.15, 0.2) is 6.20 Å². The zero-order valence-corrected chi connectivity index (χ0v) is 11.1. The molecule has 0 aromatic carbocycles. The topological polar surface area (TPSA) is 62.2 Å². The molecule has 0 bridgehead atoms. The van der Waals surface area contributed by atoms with Crippen molar-refractivity contribution in [1.82, 2.24) is 25.3 Å². The Hall–Kier alpha value is -1.40. The van der Waals surface area contributed by atoms with Crippen molar-refractivity contribution >= 4 is 5.91 Å². The highest BCUT2D eigenvalue weighted by Crippen LogP contribution is 2.04. The lowest BCUT2D eigenvalue weighted by molar-refractivity contribution is 0.0946. The molecule has 0 spiro atoms. The first-order valence-electron chi connectivity index (χ1n) is 6.38. The van der Waals surface area contributed by atoms with Crippen LogP contribution in [0.3, 0.4) is 0 Å². The average molecular weight is 251 g/mol. The molecule has 2 heterocycles. The fourth-order valence-electron chi connectivity index (χ4n) is 2.08. The van der Waals surface area contributed by atoms with Crippen molar-refractivity contribution in [3.05, 3.63) is 17.5 Å². The Labute approximate surface area is 107 Å². The van der Waals surface area contributed by atoms with Crippen LogP contribution in [-0.2, 0) is 7.05 Å². The maximum absolute atomic E-state index is 11.9. The highest BCUT2D eigenvalue weighted by molar-refractivity contribution is 5.94. The molecule has 6 nitrogen and oxygen atoms in total. The van der Waals surface area contributed by atoms with Gasteiger partial charge in [0.2, 0.25) is 0 Å². The predicted octanol–water partition coefficient (Wildman–Crippen LogP) is -0.636. The summed E-state index contributed by atoms with van der Waals surface area (Å²) in [5.74, 6) is -0.0317. The Bertz CT molecular complexity index is 409. The van der Waals surface area contributed by atoms with Crippen LogP contribution in [0.4, 0.5) is 0 Å². The lowest BCUT2D eigenvalue weighted by Gasteiger charge is -2.27. The Kier molecular flexibility index (Phi) is 4.33. The van der Waals surface area contributed by atoms with Crippen molar-refractivity contribution < 1.29 is 4.79 Å². The van der Waals surface area contributed by atoms with Gasteiger partial charge in [-0.25, -0.2) is 0 Å². The zero-order valence-electron chi connectivity index (χ0n) is 11.1. The summed E-state index contributed by atoms with van der Waals surface area (Å²) >= 11 is 0. The quantitative estimate of drug-likeness (QED) is 0.747. The number of carbonyl (C=O) groups is 1. The van der Waals surface area contributed by atoms with E-state index >= 15 is 0 Å². The molecule has 0 aliphatic carbocycles. The van der Waals surface area contributed by atoms with Gasteiger partial charge in [0, 0.05) is 52.0 Å². The first-order chi connectivity index (χ1) is 8.68. The summed E-state index contributed by atoms with van der Waals surface area (Å²) in [6.07, 6.45) is 1.62. The minimum Gasteiger partial charge on any atom is -0.351 e. The molecule has 1 aliphatic heterocycles. The fourth-order valence-corrected chi connectivity index (χ4v) is 2.08. The number of nitrogens with zero attached hydrogens (tertiary/aromatic N) is 3. The summed E-state index contributed by atoms with van der Waals surface area (Å²) in [4.78, 5) is 14.3. The normalized spacial score (nSPS) is 16.8. The minimum absolute atomic E-state index is 0.0317. The molecule has 1 fully saturated rings. The first-order valence-corrected chi connectivity index (χ1v) is 6.38. The van der Waals surface area contributed by atoms with Crippen molar-refractivity contribution in [2.24, 2.45) is 7.05 Å². The Balaban J connectivity index is 1.76. The Morgan fingerprint density at radius 1 is 1.50 bits per heavy atom. The molecule has 1 aromatic heterocycles. The van der Waals surface area contributed by atoms with Crippen LogP contribution in [0.2, 0.25) is 0 Å². The molecule has 0 radical (unpaired) electrons. The van der Waals surface area contributed by atoms with E-state index in [0.29, 0.717) is 12.1 Å². The third-order valence-corrected chi connectivity index (χ3v) is 3.40. The van der Waals surface area contributed by atoms with E-state index < -0.39 is 0 Å². The minimum atomic E-state index is -0.0317. The molecule has 2 N–H and O–H groups in total. The smallest absolute Gasteiger partial charge is 0.254 e. The van der Waals surface area contributed by atoms with Gasteiger partial charge >= 0.3 is 0 Å². The molecule has 18 heavy (non-hydrogen) atoms. The molecule has 0 atom stereocenters. The van der Waals surface area contributed by atoms with Gasteiger partial charge in [0.25, 0.3) is 5.91 Å². The molecule has 100 valence electrons. The van der Waals surface area contributed by atoms with E-state index in [0.717, 1.165) is 38.4 Å². The second-order valence-electron chi connectivity index (χ2n) is 4.61. The van der Waals surface area contributed by atoms with Gasteiger partial charge in [0.05, 0.1) is 11.8 Å². The number of aromatic nitrogens is 2. The number of hydrogen-bond acceptors (Lipinski definition) is 4. The van der Waals surface area contributed by atoms with Crippen molar-refractivity contribution in [2.45, 2.75) is 6.92 Å². The highest BCUT2D eigenvalue weighted by Gasteiger charge is 2.13. The van der Waals surface area contributed by atoms with Gasteiger partial charge in [-0.3, -0.25) is 14.4 Å². The number of amides is 1. The number of hydrogen-bond donors (Lipinski definition) is 2. The SMILES string of the molecule is Cc1c(C(=O)NCCN2CCNCC2)cnn1C. The summed E-state index contributed by atoms with van der Waals surface area (Å²) in [7, 11) is 1.84. The summed E-state index contributed by atoms with van der Waals surface area (Å²) in [5, 5.41) is 10.3. The van der Waals surface area contributed by atoms with E-state index in [9.17, 15) is 4.79 Å². The monoisotopic (exact) mass is 251 g/mol. The number of piperazine rings is 1. The Morgan fingerprint density at radius 3 is 2.83 bits per heavy atom. The molecule has 1 saturated heterocycles. The third kappa shape index (κ3) is 3.08. The number of rotatable bonds is 4. The molecular weight excluding hydrogens is 230 g/mol. The van der Waals surface area contributed by atoms with Gasteiger partial charge in [-0.05, 0) is 6.92 Å². The van der Waals surface area contributed by atoms with Gasteiger partial charge < -0.3 is 10.6 Å². The van der Waals surface area contributed by atoms with Gasteiger partial charge in [-0.15, -0.1) is 0 Å². The highest BCUT2D eigenvalue weighted by atomic mass is 16.1. The van der Waals surface area contributed by atoms with E-state index in [-0.39, 0.29) is 5.91 Å². The average Bonchev–Trinajstić information content (AvgIpc) is 2.71. The van der Waals surface area contributed by atoms with Crippen LogP contribution >= 0.6 is 0 Å². The summed E-state index contributed by atoms with van der Waals surface area (Å²) in [5.41, 5.74) is 1.56. The summed E-state index contributed by atoms with van der Waals surface area (Å²) < 4.78 is 1.71. The molecule has 0 unspecified atom stereocenters. The van der Waals surface area contributed by atoms with Crippen LogP contribution < -0.4 is 10.6 Å². The van der Waals surface area contributed by atoms with E-state index in [1.165, 1.54) is 0 Å². The van der Waals surface area contributed by atoms with Crippen LogP contribution in [-0.4, -0.2) is 59.9 Å². The molecule has 1 amide bonds. The molecule has 1 aromatic rings. The number of carbonyl (C=O) groups excluding carboxylic acids is 1. The van der Waals surface area contributed by atoms with Gasteiger partial charge in [-0.1, -0.05) is 0 Å². The molecule has 1 aliphatic rings. The molecule has 6 heteroatoms. The second-order valence-corrected chi connectivity index (χ2v) is 4.61. The number of aryl methyl sites for hydroxylation is 1. The van der Waals surface area contributed by atoms with Crippen molar-refractivity contribution in [1.29, 1.82) is 0 Å². The van der Waals surface area contributed by atoms with E-state index in [1.54, 1.807) is 10.9 Å². The van der Waals surface area contributed by atoms with Gasteiger partial charge in [-0.2, -0.15) is 5.10 Å². The zero-order chi connectivity index (χ0) is 13.0. The van der Waals surface area contributed by atoms with Crippen molar-refractivity contribution in [3.63, 3.8) is 0 Å².